The first-order valence-electron chi connectivity index (χ1n) is 4.35. The molecule has 0 unspecified atom stereocenters. The van der Waals surface area contributed by atoms with Crippen molar-refractivity contribution >= 4 is 16.1 Å². The number of hydrogen-bond acceptors (Lipinski definition) is 3. The molecule has 0 aliphatic carbocycles. The summed E-state index contributed by atoms with van der Waals surface area (Å²) in [7, 11) is -2.90. The van der Waals surface area contributed by atoms with E-state index in [2.05, 4.69) is 0 Å². The van der Waals surface area contributed by atoms with E-state index >= 15 is 0 Å². The minimum Gasteiger partial charge on any atom is -0.303 e. The second-order valence-corrected chi connectivity index (χ2v) is 7.31. The van der Waals surface area contributed by atoms with Gasteiger partial charge in [0.15, 0.2) is 9.84 Å². The van der Waals surface area contributed by atoms with Crippen molar-refractivity contribution < 1.29 is 13.2 Å². The normalized spacial score (nSPS) is 24.8. The largest absolute Gasteiger partial charge is 0.303 e. The maximum atomic E-state index is 11.0. The van der Waals surface area contributed by atoms with E-state index < -0.39 is 15.3 Å². The number of carbonyl (C=O) groups is 1. The molecule has 0 aromatic carbocycles. The number of hydrogen-bond donors (Lipinski definition) is 0. The Morgan fingerprint density at radius 2 is 1.77 bits per heavy atom. The average molecular weight is 204 g/mol. The molecular formula is C9H16O3S. The molecule has 0 aromatic rings. The van der Waals surface area contributed by atoms with Crippen molar-refractivity contribution in [3.8, 4) is 0 Å². The number of aldehydes is 1. The molecular weight excluding hydrogens is 188 g/mol. The summed E-state index contributed by atoms with van der Waals surface area (Å²) in [5, 5.41) is 0. The van der Waals surface area contributed by atoms with E-state index in [4.69, 9.17) is 0 Å². The Balaban J connectivity index is 2.72. The van der Waals surface area contributed by atoms with Gasteiger partial charge in [0, 0.05) is 0 Å². The summed E-state index contributed by atoms with van der Waals surface area (Å²) >= 11 is 0. The van der Waals surface area contributed by atoms with E-state index in [1.165, 1.54) is 0 Å². The molecule has 1 aliphatic heterocycles. The Hall–Kier alpha value is -0.380. The van der Waals surface area contributed by atoms with Gasteiger partial charge in [-0.05, 0) is 11.8 Å². The van der Waals surface area contributed by atoms with Crippen molar-refractivity contribution in [2.75, 3.05) is 11.5 Å². The number of sulfone groups is 1. The molecule has 0 spiro atoms. The second-order valence-electron chi connectivity index (χ2n) is 5.25. The molecule has 76 valence electrons. The van der Waals surface area contributed by atoms with Crippen molar-refractivity contribution in [3.63, 3.8) is 0 Å². The Labute approximate surface area is 79.4 Å². The first kappa shape index (κ1) is 10.7. The molecule has 3 nitrogen and oxygen atoms in total. The average Bonchev–Trinajstić information content (AvgIpc) is 1.79. The molecule has 13 heavy (non-hydrogen) atoms. The standard InChI is InChI=1S/C9H16O3S/c1-8(2,3)4-9(5-10)6-13(11,12)7-9/h5H,4,6-7H2,1-3H3. The van der Waals surface area contributed by atoms with Crippen molar-refractivity contribution in [2.24, 2.45) is 10.8 Å². The lowest BCUT2D eigenvalue weighted by Crippen LogP contribution is -2.51. The highest BCUT2D eigenvalue weighted by Crippen LogP contribution is 2.40. The molecule has 0 N–H and O–H groups in total. The highest BCUT2D eigenvalue weighted by Gasteiger charge is 2.50. The van der Waals surface area contributed by atoms with Crippen LogP contribution in [-0.2, 0) is 14.6 Å². The summed E-state index contributed by atoms with van der Waals surface area (Å²) in [6.07, 6.45) is 1.47. The van der Waals surface area contributed by atoms with E-state index in [1.807, 2.05) is 20.8 Å². The van der Waals surface area contributed by atoms with Crippen LogP contribution in [0.25, 0.3) is 0 Å². The second kappa shape index (κ2) is 2.80. The van der Waals surface area contributed by atoms with Gasteiger partial charge in [0.1, 0.15) is 6.29 Å². The van der Waals surface area contributed by atoms with E-state index in [0.29, 0.717) is 6.42 Å². The molecule has 0 bridgehead atoms. The summed E-state index contributed by atoms with van der Waals surface area (Å²) in [6.45, 7) is 6.05. The third-order valence-electron chi connectivity index (χ3n) is 2.15. The summed E-state index contributed by atoms with van der Waals surface area (Å²) in [6, 6.07) is 0. The van der Waals surface area contributed by atoms with Gasteiger partial charge in [-0.15, -0.1) is 0 Å². The van der Waals surface area contributed by atoms with Crippen LogP contribution in [0.3, 0.4) is 0 Å². The molecule has 1 saturated heterocycles. The molecule has 0 amide bonds. The molecule has 0 aromatic heterocycles. The minimum absolute atomic E-state index is 0.0108. The molecule has 1 rings (SSSR count). The van der Waals surface area contributed by atoms with E-state index in [1.54, 1.807) is 0 Å². The molecule has 0 radical (unpaired) electrons. The zero-order valence-electron chi connectivity index (χ0n) is 8.33. The van der Waals surface area contributed by atoms with Crippen LogP contribution in [0, 0.1) is 10.8 Å². The molecule has 4 heteroatoms. The SMILES string of the molecule is CC(C)(C)CC1(C=O)CS(=O)(=O)C1. The van der Waals surface area contributed by atoms with Crippen LogP contribution in [0.1, 0.15) is 27.2 Å². The van der Waals surface area contributed by atoms with E-state index in [-0.39, 0.29) is 16.9 Å². The Morgan fingerprint density at radius 3 is 2.00 bits per heavy atom. The van der Waals surface area contributed by atoms with Gasteiger partial charge in [0.25, 0.3) is 0 Å². The van der Waals surface area contributed by atoms with Crippen molar-refractivity contribution in [1.82, 2.24) is 0 Å². The van der Waals surface area contributed by atoms with Gasteiger partial charge in [-0.3, -0.25) is 0 Å². The van der Waals surface area contributed by atoms with Crippen molar-refractivity contribution in [2.45, 2.75) is 27.2 Å². The van der Waals surface area contributed by atoms with Gasteiger partial charge >= 0.3 is 0 Å². The highest BCUT2D eigenvalue weighted by atomic mass is 32.2. The van der Waals surface area contributed by atoms with Crippen LogP contribution in [0.15, 0.2) is 0 Å². The lowest BCUT2D eigenvalue weighted by molar-refractivity contribution is -0.116. The van der Waals surface area contributed by atoms with E-state index in [0.717, 1.165) is 6.29 Å². The number of carbonyl (C=O) groups excluding carboxylic acids is 1. The van der Waals surface area contributed by atoms with Gasteiger partial charge in [-0.2, -0.15) is 0 Å². The summed E-state index contributed by atoms with van der Waals surface area (Å²) in [5.41, 5.74) is -0.575. The first-order valence-corrected chi connectivity index (χ1v) is 6.17. The van der Waals surface area contributed by atoms with Crippen LogP contribution in [-0.4, -0.2) is 26.2 Å². The molecule has 1 heterocycles. The Bertz CT molecular complexity index is 296. The van der Waals surface area contributed by atoms with Gasteiger partial charge in [-0.25, -0.2) is 8.42 Å². The molecule has 0 atom stereocenters. The van der Waals surface area contributed by atoms with Crippen LogP contribution in [0.5, 0.6) is 0 Å². The molecule has 0 saturated carbocycles. The molecule has 1 aliphatic rings. The number of rotatable bonds is 2. The fourth-order valence-electron chi connectivity index (χ4n) is 2.10. The van der Waals surface area contributed by atoms with Gasteiger partial charge in [0.2, 0.25) is 0 Å². The van der Waals surface area contributed by atoms with Crippen LogP contribution < -0.4 is 0 Å². The van der Waals surface area contributed by atoms with Gasteiger partial charge < -0.3 is 4.79 Å². The zero-order chi connectivity index (χ0) is 10.3. The maximum Gasteiger partial charge on any atom is 0.152 e. The monoisotopic (exact) mass is 204 g/mol. The lowest BCUT2D eigenvalue weighted by Gasteiger charge is -2.40. The minimum atomic E-state index is -2.90. The van der Waals surface area contributed by atoms with Gasteiger partial charge in [-0.1, -0.05) is 20.8 Å². The summed E-state index contributed by atoms with van der Waals surface area (Å²) in [4.78, 5) is 10.8. The van der Waals surface area contributed by atoms with Crippen molar-refractivity contribution in [3.05, 3.63) is 0 Å². The fourth-order valence-corrected chi connectivity index (χ4v) is 4.11. The quantitative estimate of drug-likeness (QED) is 0.631. The predicted molar refractivity (Wildman–Crippen MR) is 51.2 cm³/mol. The van der Waals surface area contributed by atoms with Crippen molar-refractivity contribution in [1.29, 1.82) is 0 Å². The topological polar surface area (TPSA) is 51.2 Å². The van der Waals surface area contributed by atoms with E-state index in [9.17, 15) is 13.2 Å². The fraction of sp³-hybridized carbons (Fsp3) is 0.889. The lowest BCUT2D eigenvalue weighted by atomic mass is 9.76. The third kappa shape index (κ3) is 2.53. The van der Waals surface area contributed by atoms with Crippen LogP contribution in [0.2, 0.25) is 0 Å². The highest BCUT2D eigenvalue weighted by molar-refractivity contribution is 7.93. The van der Waals surface area contributed by atoms with Gasteiger partial charge in [0.05, 0.1) is 16.9 Å². The predicted octanol–water partition coefficient (Wildman–Crippen LogP) is 1.04. The summed E-state index contributed by atoms with van der Waals surface area (Å²) < 4.78 is 22.0. The third-order valence-corrected chi connectivity index (χ3v) is 4.18. The Kier molecular flexibility index (Phi) is 2.31. The zero-order valence-corrected chi connectivity index (χ0v) is 9.15. The van der Waals surface area contributed by atoms with Crippen LogP contribution >= 0.6 is 0 Å². The maximum absolute atomic E-state index is 11.0. The summed E-state index contributed by atoms with van der Waals surface area (Å²) in [5.74, 6) is 0.0849. The Morgan fingerprint density at radius 1 is 1.31 bits per heavy atom. The smallest absolute Gasteiger partial charge is 0.152 e. The first-order chi connectivity index (χ1) is 5.68. The molecule has 1 fully saturated rings. The van der Waals surface area contributed by atoms with Crippen LogP contribution in [0.4, 0.5) is 0 Å².